The first kappa shape index (κ1) is 21.0. The lowest BCUT2D eigenvalue weighted by Gasteiger charge is -2.15. The van der Waals surface area contributed by atoms with E-state index in [2.05, 4.69) is 137 Å². The Morgan fingerprint density at radius 3 is 1.76 bits per heavy atom. The molecule has 3 aromatic heterocycles. The van der Waals surface area contributed by atoms with Crippen LogP contribution in [-0.2, 0) is 0 Å². The quantitative estimate of drug-likeness (QED) is 0.245. The van der Waals surface area contributed by atoms with E-state index in [1.165, 1.54) is 49.4 Å². The van der Waals surface area contributed by atoms with E-state index in [1.54, 1.807) is 0 Å². The van der Waals surface area contributed by atoms with Gasteiger partial charge in [-0.15, -0.1) is 0 Å². The van der Waals surface area contributed by atoms with Crippen LogP contribution in [0.5, 0.6) is 0 Å². The Kier molecular flexibility index (Phi) is 4.52. The second kappa shape index (κ2) is 8.19. The fourth-order valence-electron chi connectivity index (χ4n) is 5.96. The SMILES string of the molecule is c1cc(-c2ccccc2-n2c3ccccc3c3ccccc32)cc(-n2c3ccccc3c3cccnc32)c1. The van der Waals surface area contributed by atoms with Crippen LogP contribution in [0.15, 0.2) is 140 Å². The van der Waals surface area contributed by atoms with Crippen LogP contribution in [0, 0.1) is 0 Å². The fraction of sp³-hybridized carbons (Fsp3) is 0. The molecule has 8 aromatic rings. The molecule has 38 heavy (non-hydrogen) atoms. The molecule has 0 fully saturated rings. The summed E-state index contributed by atoms with van der Waals surface area (Å²) in [6.45, 7) is 0. The van der Waals surface area contributed by atoms with Crippen molar-refractivity contribution in [3.63, 3.8) is 0 Å². The predicted molar refractivity (Wildman–Crippen MR) is 158 cm³/mol. The van der Waals surface area contributed by atoms with Crippen LogP contribution in [0.4, 0.5) is 0 Å². The number of hydrogen-bond donors (Lipinski definition) is 0. The Bertz CT molecular complexity index is 2040. The van der Waals surface area contributed by atoms with E-state index in [1.807, 2.05) is 12.3 Å². The summed E-state index contributed by atoms with van der Waals surface area (Å²) >= 11 is 0. The van der Waals surface area contributed by atoms with Gasteiger partial charge in [-0.25, -0.2) is 4.98 Å². The van der Waals surface area contributed by atoms with Crippen molar-refractivity contribution in [1.29, 1.82) is 0 Å². The molecule has 0 spiro atoms. The molecule has 0 saturated heterocycles. The van der Waals surface area contributed by atoms with Crippen molar-refractivity contribution in [1.82, 2.24) is 14.1 Å². The highest BCUT2D eigenvalue weighted by Gasteiger charge is 2.16. The second-order valence-electron chi connectivity index (χ2n) is 9.66. The number of nitrogens with zero attached hydrogens (tertiary/aromatic N) is 3. The fourth-order valence-corrected chi connectivity index (χ4v) is 5.96. The molecule has 8 rings (SSSR count). The van der Waals surface area contributed by atoms with Gasteiger partial charge < -0.3 is 4.57 Å². The van der Waals surface area contributed by atoms with E-state index in [0.29, 0.717) is 0 Å². The minimum absolute atomic E-state index is 0.974. The molecule has 3 heterocycles. The first-order valence-corrected chi connectivity index (χ1v) is 12.9. The molecule has 0 atom stereocenters. The molecule has 178 valence electrons. The third-order valence-electron chi connectivity index (χ3n) is 7.57. The van der Waals surface area contributed by atoms with Crippen molar-refractivity contribution in [3.8, 4) is 22.5 Å². The van der Waals surface area contributed by atoms with Crippen LogP contribution in [0.2, 0.25) is 0 Å². The molecular formula is C35H23N3. The Morgan fingerprint density at radius 2 is 1.03 bits per heavy atom. The Labute approximate surface area is 219 Å². The van der Waals surface area contributed by atoms with Crippen LogP contribution in [0.1, 0.15) is 0 Å². The van der Waals surface area contributed by atoms with Crippen LogP contribution < -0.4 is 0 Å². The average Bonchev–Trinajstić information content (AvgIpc) is 3.50. The maximum absolute atomic E-state index is 4.78. The maximum atomic E-state index is 4.78. The van der Waals surface area contributed by atoms with Gasteiger partial charge in [-0.1, -0.05) is 84.9 Å². The summed E-state index contributed by atoms with van der Waals surface area (Å²) in [6.07, 6.45) is 1.87. The maximum Gasteiger partial charge on any atom is 0.145 e. The highest BCUT2D eigenvalue weighted by atomic mass is 15.0. The highest BCUT2D eigenvalue weighted by molar-refractivity contribution is 6.10. The lowest BCUT2D eigenvalue weighted by molar-refractivity contribution is 1.13. The molecule has 0 radical (unpaired) electrons. The number of aromatic nitrogens is 3. The number of hydrogen-bond acceptors (Lipinski definition) is 1. The minimum Gasteiger partial charge on any atom is -0.309 e. The summed E-state index contributed by atoms with van der Waals surface area (Å²) in [5.41, 5.74) is 9.19. The van der Waals surface area contributed by atoms with Gasteiger partial charge in [-0.3, -0.25) is 4.57 Å². The molecule has 0 unspecified atom stereocenters. The van der Waals surface area contributed by atoms with Gasteiger partial charge in [-0.05, 0) is 54.1 Å². The topological polar surface area (TPSA) is 22.8 Å². The van der Waals surface area contributed by atoms with Gasteiger partial charge in [0, 0.05) is 39.0 Å². The number of pyridine rings is 1. The smallest absolute Gasteiger partial charge is 0.145 e. The van der Waals surface area contributed by atoms with Crippen molar-refractivity contribution in [2.45, 2.75) is 0 Å². The van der Waals surface area contributed by atoms with Crippen molar-refractivity contribution < 1.29 is 0 Å². The summed E-state index contributed by atoms with van der Waals surface area (Å²) in [4.78, 5) is 4.78. The zero-order valence-corrected chi connectivity index (χ0v) is 20.6. The Hall–Kier alpha value is -5.15. The van der Waals surface area contributed by atoms with Gasteiger partial charge in [-0.2, -0.15) is 0 Å². The minimum atomic E-state index is 0.974. The normalized spacial score (nSPS) is 11.7. The van der Waals surface area contributed by atoms with Crippen molar-refractivity contribution >= 4 is 43.7 Å². The number of para-hydroxylation sites is 4. The molecule has 0 saturated carbocycles. The summed E-state index contributed by atoms with van der Waals surface area (Å²) in [7, 11) is 0. The highest BCUT2D eigenvalue weighted by Crippen LogP contribution is 2.37. The zero-order valence-electron chi connectivity index (χ0n) is 20.6. The first-order chi connectivity index (χ1) is 18.9. The van der Waals surface area contributed by atoms with Gasteiger partial charge in [0.1, 0.15) is 5.65 Å². The average molecular weight is 486 g/mol. The van der Waals surface area contributed by atoms with Crippen LogP contribution in [0.3, 0.4) is 0 Å². The molecule has 5 aromatic carbocycles. The van der Waals surface area contributed by atoms with Crippen molar-refractivity contribution in [3.05, 3.63) is 140 Å². The number of fused-ring (bicyclic) bond motifs is 6. The lowest BCUT2D eigenvalue weighted by Crippen LogP contribution is -1.98. The molecular weight excluding hydrogens is 462 g/mol. The molecule has 3 heteroatoms. The Morgan fingerprint density at radius 1 is 0.447 bits per heavy atom. The van der Waals surface area contributed by atoms with Gasteiger partial charge in [0.25, 0.3) is 0 Å². The number of benzene rings is 5. The summed E-state index contributed by atoms with van der Waals surface area (Å²) in [5, 5.41) is 4.91. The third-order valence-corrected chi connectivity index (χ3v) is 7.57. The van der Waals surface area contributed by atoms with Crippen LogP contribution in [-0.4, -0.2) is 14.1 Å². The largest absolute Gasteiger partial charge is 0.309 e. The lowest BCUT2D eigenvalue weighted by atomic mass is 10.0. The van der Waals surface area contributed by atoms with Gasteiger partial charge in [0.15, 0.2) is 0 Å². The molecule has 0 aliphatic rings. The predicted octanol–water partition coefficient (Wildman–Crippen LogP) is 8.94. The molecule has 0 bridgehead atoms. The monoisotopic (exact) mass is 485 g/mol. The van der Waals surface area contributed by atoms with E-state index >= 15 is 0 Å². The zero-order chi connectivity index (χ0) is 25.1. The van der Waals surface area contributed by atoms with E-state index in [-0.39, 0.29) is 0 Å². The summed E-state index contributed by atoms with van der Waals surface area (Å²) < 4.78 is 4.67. The van der Waals surface area contributed by atoms with Crippen LogP contribution >= 0.6 is 0 Å². The van der Waals surface area contributed by atoms with Crippen LogP contribution in [0.25, 0.3) is 66.2 Å². The molecule has 0 N–H and O–H groups in total. The van der Waals surface area contributed by atoms with Crippen molar-refractivity contribution in [2.75, 3.05) is 0 Å². The summed E-state index contributed by atoms with van der Waals surface area (Å²) in [5.74, 6) is 0. The molecule has 0 aliphatic heterocycles. The first-order valence-electron chi connectivity index (χ1n) is 12.9. The molecule has 0 aliphatic carbocycles. The standard InChI is InChI=1S/C35H23N3/c1-5-18-31(38-33-20-7-2-14-27(33)28-15-3-8-21-34(28)38)26(13-1)24-11-9-12-25(23-24)37-32-19-6-4-16-29(32)30-17-10-22-36-35(30)37/h1-23H. The van der Waals surface area contributed by atoms with Gasteiger partial charge in [0.05, 0.1) is 22.2 Å². The third kappa shape index (κ3) is 2.99. The van der Waals surface area contributed by atoms with Crippen molar-refractivity contribution in [2.24, 2.45) is 0 Å². The second-order valence-corrected chi connectivity index (χ2v) is 9.66. The van der Waals surface area contributed by atoms with E-state index in [9.17, 15) is 0 Å². The van der Waals surface area contributed by atoms with E-state index in [0.717, 1.165) is 16.9 Å². The Balaban J connectivity index is 1.39. The van der Waals surface area contributed by atoms with E-state index < -0.39 is 0 Å². The molecule has 3 nitrogen and oxygen atoms in total. The van der Waals surface area contributed by atoms with Gasteiger partial charge in [0.2, 0.25) is 0 Å². The number of rotatable bonds is 3. The summed E-state index contributed by atoms with van der Waals surface area (Å²) in [6, 6.07) is 47.6. The van der Waals surface area contributed by atoms with E-state index in [4.69, 9.17) is 4.98 Å². The van der Waals surface area contributed by atoms with Gasteiger partial charge >= 0.3 is 0 Å². The molecule has 0 amide bonds.